The Hall–Kier alpha value is -3.57. The topological polar surface area (TPSA) is 97.1 Å². The summed E-state index contributed by atoms with van der Waals surface area (Å²) in [6, 6.07) is 11.8. The summed E-state index contributed by atoms with van der Waals surface area (Å²) in [6.45, 7) is 0.0404. The molecule has 0 saturated carbocycles. The van der Waals surface area contributed by atoms with Crippen LogP contribution < -0.4 is 20.7 Å². The molecule has 0 aliphatic rings. The number of aromatic amines is 1. The van der Waals surface area contributed by atoms with Crippen LogP contribution in [-0.2, 0) is 6.54 Å². The molecule has 142 valence electrons. The third-order valence-corrected chi connectivity index (χ3v) is 3.99. The monoisotopic (exact) mass is 401 g/mol. The third kappa shape index (κ3) is 4.39. The number of H-pyrrole nitrogens is 1. The van der Waals surface area contributed by atoms with Crippen LogP contribution >= 0.6 is 11.6 Å². The van der Waals surface area contributed by atoms with Gasteiger partial charge in [0.15, 0.2) is 11.5 Å². The van der Waals surface area contributed by atoms with E-state index in [0.29, 0.717) is 5.02 Å². The van der Waals surface area contributed by atoms with Gasteiger partial charge in [-0.15, -0.1) is 0 Å². The van der Waals surface area contributed by atoms with Crippen LogP contribution in [-0.4, -0.2) is 16.2 Å². The molecule has 0 fully saturated rings. The lowest BCUT2D eigenvalue weighted by atomic mass is 10.2. The lowest BCUT2D eigenvalue weighted by Gasteiger charge is -2.15. The second-order valence-electron chi connectivity index (χ2n) is 5.58. The quantitative estimate of drug-likeness (QED) is 0.684. The minimum atomic E-state index is -0.681. The lowest BCUT2D eigenvalue weighted by Crippen LogP contribution is -2.30. The van der Waals surface area contributed by atoms with Crippen molar-refractivity contribution in [2.45, 2.75) is 6.54 Å². The van der Waals surface area contributed by atoms with Gasteiger partial charge >= 0.3 is 5.69 Å². The molecule has 2 aromatic carbocycles. The second-order valence-corrected chi connectivity index (χ2v) is 5.98. The highest BCUT2D eigenvalue weighted by molar-refractivity contribution is 6.32. The summed E-state index contributed by atoms with van der Waals surface area (Å²) in [5.41, 5.74) is -1.18. The lowest BCUT2D eigenvalue weighted by molar-refractivity contribution is 0.281. The van der Waals surface area contributed by atoms with Crippen LogP contribution in [0.15, 0.2) is 58.3 Å². The number of hydrogen-bond acceptors (Lipinski definition) is 5. The predicted molar refractivity (Wildman–Crippen MR) is 99.5 cm³/mol. The van der Waals surface area contributed by atoms with Crippen LogP contribution in [0.5, 0.6) is 17.2 Å². The maximum Gasteiger partial charge on any atom is 0.328 e. The standard InChI is InChI=1S/C19H13ClFN3O4/c20-14-3-1-2-4-15(14)28-18-12(11-22)9-13(21)10-16(18)27-8-7-24-6-5-17(25)23-19(24)26/h1-6,9-10H,7-8H2,(H,23,25,26). The minimum Gasteiger partial charge on any atom is -0.488 e. The number of rotatable bonds is 6. The van der Waals surface area contributed by atoms with Crippen molar-refractivity contribution in [1.82, 2.24) is 9.55 Å². The molecular weight excluding hydrogens is 389 g/mol. The second kappa shape index (κ2) is 8.41. The van der Waals surface area contributed by atoms with Crippen molar-refractivity contribution in [3.8, 4) is 23.3 Å². The fourth-order valence-electron chi connectivity index (χ4n) is 2.38. The molecule has 0 saturated heterocycles. The van der Waals surface area contributed by atoms with Crippen LogP contribution in [0, 0.1) is 17.1 Å². The van der Waals surface area contributed by atoms with E-state index in [2.05, 4.69) is 4.98 Å². The molecule has 1 heterocycles. The number of hydrogen-bond donors (Lipinski definition) is 1. The molecule has 28 heavy (non-hydrogen) atoms. The Morgan fingerprint density at radius 2 is 1.96 bits per heavy atom. The highest BCUT2D eigenvalue weighted by atomic mass is 35.5. The molecule has 0 aliphatic heterocycles. The Morgan fingerprint density at radius 3 is 2.68 bits per heavy atom. The summed E-state index contributed by atoms with van der Waals surface area (Å²) in [5.74, 6) is -0.423. The smallest absolute Gasteiger partial charge is 0.328 e. The maximum absolute atomic E-state index is 13.9. The Morgan fingerprint density at radius 1 is 1.18 bits per heavy atom. The normalized spacial score (nSPS) is 10.3. The van der Waals surface area contributed by atoms with Crippen LogP contribution in [0.2, 0.25) is 5.02 Å². The van der Waals surface area contributed by atoms with Crippen LogP contribution in [0.4, 0.5) is 4.39 Å². The van der Waals surface area contributed by atoms with E-state index in [0.717, 1.165) is 12.1 Å². The van der Waals surface area contributed by atoms with Gasteiger partial charge < -0.3 is 9.47 Å². The zero-order valence-electron chi connectivity index (χ0n) is 14.3. The number of para-hydroxylation sites is 1. The van der Waals surface area contributed by atoms with E-state index in [1.165, 1.54) is 16.8 Å². The van der Waals surface area contributed by atoms with Crippen molar-refractivity contribution < 1.29 is 13.9 Å². The highest BCUT2D eigenvalue weighted by Crippen LogP contribution is 2.38. The van der Waals surface area contributed by atoms with E-state index in [9.17, 15) is 19.2 Å². The molecule has 0 unspecified atom stereocenters. The molecule has 0 amide bonds. The van der Waals surface area contributed by atoms with Crippen LogP contribution in [0.1, 0.15) is 5.56 Å². The van der Waals surface area contributed by atoms with E-state index in [1.807, 2.05) is 6.07 Å². The molecule has 0 aliphatic carbocycles. The molecule has 1 aromatic heterocycles. The minimum absolute atomic E-state index is 0.00538. The number of halogens is 2. The van der Waals surface area contributed by atoms with E-state index in [4.69, 9.17) is 21.1 Å². The van der Waals surface area contributed by atoms with Crippen molar-refractivity contribution in [1.29, 1.82) is 5.26 Å². The first-order valence-electron chi connectivity index (χ1n) is 8.06. The molecule has 0 bridgehead atoms. The van der Waals surface area contributed by atoms with Gasteiger partial charge in [0.2, 0.25) is 0 Å². The number of nitrogens with zero attached hydrogens (tertiary/aromatic N) is 2. The Bertz CT molecular complexity index is 1170. The highest BCUT2D eigenvalue weighted by Gasteiger charge is 2.16. The first-order valence-corrected chi connectivity index (χ1v) is 8.44. The Labute approximate surface area is 163 Å². The summed E-state index contributed by atoms with van der Waals surface area (Å²) in [5, 5.41) is 9.62. The number of aromatic nitrogens is 2. The first-order chi connectivity index (χ1) is 13.5. The van der Waals surface area contributed by atoms with E-state index in [-0.39, 0.29) is 36.0 Å². The average molecular weight is 402 g/mol. The SMILES string of the molecule is N#Cc1cc(F)cc(OCCn2ccc(=O)[nH]c2=O)c1Oc1ccccc1Cl. The molecule has 3 aromatic rings. The Kier molecular flexibility index (Phi) is 5.77. The molecule has 0 atom stereocenters. The van der Waals surface area contributed by atoms with E-state index in [1.54, 1.807) is 24.3 Å². The van der Waals surface area contributed by atoms with Gasteiger partial charge in [0.1, 0.15) is 29.8 Å². The van der Waals surface area contributed by atoms with Gasteiger partial charge in [-0.3, -0.25) is 14.3 Å². The maximum atomic E-state index is 13.9. The van der Waals surface area contributed by atoms with Crippen molar-refractivity contribution >= 4 is 11.6 Å². The molecule has 9 heteroatoms. The van der Waals surface area contributed by atoms with Gasteiger partial charge in [0.25, 0.3) is 5.56 Å². The first kappa shape index (κ1) is 19.2. The third-order valence-electron chi connectivity index (χ3n) is 3.68. The van der Waals surface area contributed by atoms with Crippen molar-refractivity contribution in [3.63, 3.8) is 0 Å². The average Bonchev–Trinajstić information content (AvgIpc) is 2.66. The number of ether oxygens (including phenoxy) is 2. The largest absolute Gasteiger partial charge is 0.488 e. The molecule has 3 rings (SSSR count). The van der Waals surface area contributed by atoms with Gasteiger partial charge in [0.05, 0.1) is 11.6 Å². The molecular formula is C19H13ClFN3O4. The van der Waals surface area contributed by atoms with Crippen LogP contribution in [0.3, 0.4) is 0 Å². The van der Waals surface area contributed by atoms with Gasteiger partial charge in [-0.2, -0.15) is 5.26 Å². The predicted octanol–water partition coefficient (Wildman–Crippen LogP) is 3.07. The summed E-state index contributed by atoms with van der Waals surface area (Å²) >= 11 is 6.08. The molecule has 0 spiro atoms. The van der Waals surface area contributed by atoms with Gasteiger partial charge in [-0.25, -0.2) is 9.18 Å². The Balaban J connectivity index is 1.86. The van der Waals surface area contributed by atoms with Gasteiger partial charge in [-0.05, 0) is 18.2 Å². The number of nitrogens with one attached hydrogen (secondary N) is 1. The van der Waals surface area contributed by atoms with E-state index < -0.39 is 17.1 Å². The molecule has 1 N–H and O–H groups in total. The van der Waals surface area contributed by atoms with Crippen LogP contribution in [0.25, 0.3) is 0 Å². The zero-order chi connectivity index (χ0) is 20.1. The van der Waals surface area contributed by atoms with Crippen molar-refractivity contribution in [2.75, 3.05) is 6.61 Å². The van der Waals surface area contributed by atoms with E-state index >= 15 is 0 Å². The zero-order valence-corrected chi connectivity index (χ0v) is 15.1. The summed E-state index contributed by atoms with van der Waals surface area (Å²) in [4.78, 5) is 24.9. The molecule has 0 radical (unpaired) electrons. The van der Waals surface area contributed by atoms with Crippen molar-refractivity contribution in [2.24, 2.45) is 0 Å². The summed E-state index contributed by atoms with van der Waals surface area (Å²) < 4.78 is 26.3. The molecule has 7 nitrogen and oxygen atoms in total. The van der Waals surface area contributed by atoms with Gasteiger partial charge in [-0.1, -0.05) is 23.7 Å². The fourth-order valence-corrected chi connectivity index (χ4v) is 2.55. The fraction of sp³-hybridized carbons (Fsp3) is 0.105. The summed E-state index contributed by atoms with van der Waals surface area (Å²) in [6.07, 6.45) is 1.32. The summed E-state index contributed by atoms with van der Waals surface area (Å²) in [7, 11) is 0. The number of benzene rings is 2. The van der Waals surface area contributed by atoms with Gasteiger partial charge in [0, 0.05) is 18.3 Å². The number of nitriles is 1. The van der Waals surface area contributed by atoms with Crippen molar-refractivity contribution in [3.05, 3.63) is 85.9 Å².